The lowest BCUT2D eigenvalue weighted by molar-refractivity contribution is 0.00578. The van der Waals surface area contributed by atoms with E-state index in [1.807, 2.05) is 6.07 Å². The predicted molar refractivity (Wildman–Crippen MR) is 158 cm³/mol. The summed E-state index contributed by atoms with van der Waals surface area (Å²) in [6.07, 6.45) is 15.9. The molecule has 5 nitrogen and oxygen atoms in total. The Labute approximate surface area is 231 Å². The molecule has 3 aliphatic rings. The van der Waals surface area contributed by atoms with Gasteiger partial charge in [0.25, 0.3) is 0 Å². The highest BCUT2D eigenvalue weighted by Gasteiger charge is 2.51. The molecule has 6 rings (SSSR count). The van der Waals surface area contributed by atoms with Gasteiger partial charge < -0.3 is 9.31 Å². The van der Waals surface area contributed by atoms with Gasteiger partial charge in [0.05, 0.1) is 11.2 Å². The van der Waals surface area contributed by atoms with E-state index in [1.54, 1.807) is 0 Å². The van der Waals surface area contributed by atoms with Crippen molar-refractivity contribution in [2.45, 2.75) is 64.1 Å². The van der Waals surface area contributed by atoms with E-state index in [0.29, 0.717) is 5.82 Å². The number of hydrogen-bond donors (Lipinski definition) is 0. The van der Waals surface area contributed by atoms with Crippen LogP contribution in [0.15, 0.2) is 91.1 Å². The lowest BCUT2D eigenvalue weighted by Gasteiger charge is -2.32. The fraction of sp³-hybridized carbons (Fsp3) is 0.303. The first-order valence-electron chi connectivity index (χ1n) is 13.8. The highest BCUT2D eigenvalue weighted by atomic mass is 16.7. The smallest absolute Gasteiger partial charge is 0.399 e. The van der Waals surface area contributed by atoms with Crippen LogP contribution in [0.1, 0.15) is 70.1 Å². The highest BCUT2D eigenvalue weighted by molar-refractivity contribution is 6.62. The van der Waals surface area contributed by atoms with Crippen LogP contribution in [0, 0.1) is 0 Å². The Kier molecular flexibility index (Phi) is 6.70. The van der Waals surface area contributed by atoms with Gasteiger partial charge in [0, 0.05) is 11.5 Å². The molecule has 2 aromatic carbocycles. The molecule has 0 saturated carbocycles. The number of aromatic nitrogens is 3. The van der Waals surface area contributed by atoms with E-state index in [2.05, 4.69) is 113 Å². The third-order valence-electron chi connectivity index (χ3n) is 8.15. The summed E-state index contributed by atoms with van der Waals surface area (Å²) in [5, 5.41) is 0. The Morgan fingerprint density at radius 2 is 1.51 bits per heavy atom. The molecule has 39 heavy (non-hydrogen) atoms. The summed E-state index contributed by atoms with van der Waals surface area (Å²) >= 11 is 0. The maximum atomic E-state index is 6.25. The van der Waals surface area contributed by atoms with Gasteiger partial charge >= 0.3 is 7.12 Å². The van der Waals surface area contributed by atoms with Crippen molar-refractivity contribution in [2.75, 3.05) is 0 Å². The Balaban J connectivity index is 1.35. The van der Waals surface area contributed by atoms with E-state index in [-0.39, 0.29) is 17.1 Å². The van der Waals surface area contributed by atoms with Gasteiger partial charge in [0.1, 0.15) is 5.82 Å². The quantitative estimate of drug-likeness (QED) is 0.354. The van der Waals surface area contributed by atoms with Crippen molar-refractivity contribution in [3.8, 4) is 11.4 Å². The minimum atomic E-state index is -0.400. The van der Waals surface area contributed by atoms with Gasteiger partial charge in [-0.05, 0) is 69.1 Å². The second kappa shape index (κ2) is 10.2. The number of hydrogen-bond acceptors (Lipinski definition) is 5. The largest absolute Gasteiger partial charge is 0.494 e. The van der Waals surface area contributed by atoms with Crippen LogP contribution in [0.4, 0.5) is 0 Å². The molecular formula is C33H34BN3O2. The molecule has 2 heterocycles. The van der Waals surface area contributed by atoms with Gasteiger partial charge in [0.15, 0.2) is 11.6 Å². The molecule has 0 amide bonds. The van der Waals surface area contributed by atoms with E-state index in [1.165, 1.54) is 11.1 Å². The molecule has 1 fully saturated rings. The van der Waals surface area contributed by atoms with Crippen LogP contribution < -0.4 is 5.46 Å². The van der Waals surface area contributed by atoms with E-state index < -0.39 is 7.12 Å². The van der Waals surface area contributed by atoms with Gasteiger partial charge in [-0.3, -0.25) is 0 Å². The minimum absolute atomic E-state index is 0.0782. The van der Waals surface area contributed by atoms with Crippen molar-refractivity contribution >= 4 is 23.7 Å². The average Bonchev–Trinajstić information content (AvgIpc) is 3.20. The summed E-state index contributed by atoms with van der Waals surface area (Å²) in [7, 11) is -0.400. The highest BCUT2D eigenvalue weighted by Crippen LogP contribution is 2.37. The van der Waals surface area contributed by atoms with Crippen molar-refractivity contribution in [3.05, 3.63) is 108 Å². The molecule has 1 unspecified atom stereocenters. The third kappa shape index (κ3) is 5.19. The first-order valence-corrected chi connectivity index (χ1v) is 13.8. The van der Waals surface area contributed by atoms with Crippen molar-refractivity contribution in [3.63, 3.8) is 0 Å². The summed E-state index contributed by atoms with van der Waals surface area (Å²) in [5.41, 5.74) is 4.72. The lowest BCUT2D eigenvalue weighted by Crippen LogP contribution is -2.41. The summed E-state index contributed by atoms with van der Waals surface area (Å²) < 4.78 is 12.5. The van der Waals surface area contributed by atoms with Gasteiger partial charge in [0.2, 0.25) is 0 Å². The molecule has 1 aliphatic heterocycles. The maximum absolute atomic E-state index is 6.25. The van der Waals surface area contributed by atoms with E-state index in [0.717, 1.165) is 47.5 Å². The number of rotatable bonds is 5. The Hall–Kier alpha value is -3.61. The SMILES string of the molecule is CC1(C)OB(c2ccc(-c3nc(C4=CC=CCC4)nc(C4C=C(c5ccccc5)C=CC4)n3)cc2)OC1(C)C. The van der Waals surface area contributed by atoms with Crippen LogP contribution >= 0.6 is 0 Å². The summed E-state index contributed by atoms with van der Waals surface area (Å²) in [6, 6.07) is 18.7. The monoisotopic (exact) mass is 515 g/mol. The average molecular weight is 515 g/mol. The molecule has 196 valence electrons. The molecule has 1 saturated heterocycles. The number of benzene rings is 2. The molecule has 0 radical (unpaired) electrons. The maximum Gasteiger partial charge on any atom is 0.494 e. The van der Waals surface area contributed by atoms with Crippen molar-refractivity contribution < 1.29 is 9.31 Å². The van der Waals surface area contributed by atoms with Crippen molar-refractivity contribution in [2.24, 2.45) is 0 Å². The molecule has 0 bridgehead atoms. The Morgan fingerprint density at radius 1 is 0.795 bits per heavy atom. The Bertz CT molecular complexity index is 1470. The molecule has 1 aromatic heterocycles. The standard InChI is InChI=1S/C33H34BN3O2/c1-32(2)33(3,4)39-34(38-32)28-20-18-25(19-21-28)30-35-29(24-14-9-6-10-15-24)36-31(37-30)27-17-11-16-26(22-27)23-12-7-5-8-13-23/h5-9,11-14,16,18-22,27H,10,15,17H2,1-4H3. The van der Waals surface area contributed by atoms with Crippen molar-refractivity contribution in [1.82, 2.24) is 15.0 Å². The van der Waals surface area contributed by atoms with Crippen LogP contribution in [0.3, 0.4) is 0 Å². The number of nitrogens with zero attached hydrogens (tertiary/aromatic N) is 3. The first kappa shape index (κ1) is 25.7. The summed E-state index contributed by atoms with van der Waals surface area (Å²) in [6.45, 7) is 8.29. The minimum Gasteiger partial charge on any atom is -0.399 e. The molecule has 6 heteroatoms. The molecule has 3 aromatic rings. The molecule has 0 N–H and O–H groups in total. The lowest BCUT2D eigenvalue weighted by atomic mass is 9.79. The first-order chi connectivity index (χ1) is 18.8. The van der Waals surface area contributed by atoms with Crippen LogP contribution in [0.25, 0.3) is 22.5 Å². The van der Waals surface area contributed by atoms with Gasteiger partial charge in [-0.25, -0.2) is 15.0 Å². The van der Waals surface area contributed by atoms with Gasteiger partial charge in [-0.15, -0.1) is 0 Å². The fourth-order valence-corrected chi connectivity index (χ4v) is 5.07. The Morgan fingerprint density at radius 3 is 2.21 bits per heavy atom. The van der Waals surface area contributed by atoms with Crippen LogP contribution in [0.5, 0.6) is 0 Å². The fourth-order valence-electron chi connectivity index (χ4n) is 5.07. The summed E-state index contributed by atoms with van der Waals surface area (Å²) in [5.74, 6) is 2.33. The van der Waals surface area contributed by atoms with Crippen LogP contribution in [-0.2, 0) is 9.31 Å². The van der Waals surface area contributed by atoms with Gasteiger partial charge in [-0.2, -0.15) is 0 Å². The molecule has 1 atom stereocenters. The third-order valence-corrected chi connectivity index (χ3v) is 8.15. The zero-order chi connectivity index (χ0) is 27.0. The normalized spacial score (nSPS) is 21.5. The second-order valence-corrected chi connectivity index (χ2v) is 11.4. The molecule has 2 aliphatic carbocycles. The predicted octanol–water partition coefficient (Wildman–Crippen LogP) is 6.70. The van der Waals surface area contributed by atoms with Crippen molar-refractivity contribution in [1.29, 1.82) is 0 Å². The van der Waals surface area contributed by atoms with Crippen LogP contribution in [-0.4, -0.2) is 33.3 Å². The van der Waals surface area contributed by atoms with Crippen LogP contribution in [0.2, 0.25) is 0 Å². The zero-order valence-electron chi connectivity index (χ0n) is 23.1. The van der Waals surface area contributed by atoms with E-state index in [9.17, 15) is 0 Å². The molecule has 0 spiro atoms. The number of allylic oxidation sites excluding steroid dienone is 8. The molecular weight excluding hydrogens is 481 g/mol. The van der Waals surface area contributed by atoms with E-state index >= 15 is 0 Å². The second-order valence-electron chi connectivity index (χ2n) is 11.4. The van der Waals surface area contributed by atoms with Gasteiger partial charge in [-0.1, -0.05) is 91.1 Å². The topological polar surface area (TPSA) is 57.1 Å². The van der Waals surface area contributed by atoms with E-state index in [4.69, 9.17) is 24.3 Å². The summed E-state index contributed by atoms with van der Waals surface area (Å²) in [4.78, 5) is 15.0. The zero-order valence-corrected chi connectivity index (χ0v) is 23.1.